The summed E-state index contributed by atoms with van der Waals surface area (Å²) >= 11 is 0. The molecule has 0 bridgehead atoms. The van der Waals surface area contributed by atoms with E-state index in [2.05, 4.69) is 78.7 Å². The second-order valence-electron chi connectivity index (χ2n) is 8.85. The van der Waals surface area contributed by atoms with Gasteiger partial charge in [-0.3, -0.25) is 4.90 Å². The highest BCUT2D eigenvalue weighted by atomic mass is 16.3. The van der Waals surface area contributed by atoms with Crippen LogP contribution in [0.4, 0.5) is 0 Å². The van der Waals surface area contributed by atoms with Crippen molar-refractivity contribution >= 4 is 32.3 Å². The van der Waals surface area contributed by atoms with Gasteiger partial charge in [0.05, 0.1) is 0 Å². The minimum atomic E-state index is -0.222. The number of nitrogens with zero attached hydrogens (tertiary/aromatic N) is 1. The second-order valence-corrected chi connectivity index (χ2v) is 8.85. The molecule has 0 aromatic heterocycles. The fourth-order valence-corrected chi connectivity index (χ4v) is 5.14. The Hall–Kier alpha value is -2.20. The zero-order valence-electron chi connectivity index (χ0n) is 16.7. The van der Waals surface area contributed by atoms with E-state index in [1.165, 1.54) is 37.9 Å². The third kappa shape index (κ3) is 2.69. The lowest BCUT2D eigenvalue weighted by Gasteiger charge is -2.44. The molecule has 0 amide bonds. The lowest BCUT2D eigenvalue weighted by Crippen LogP contribution is -2.49. The zero-order chi connectivity index (χ0) is 19.3. The average molecular weight is 373 g/mol. The van der Waals surface area contributed by atoms with E-state index in [9.17, 15) is 5.11 Å². The van der Waals surface area contributed by atoms with Crippen LogP contribution >= 0.6 is 0 Å². The van der Waals surface area contributed by atoms with Gasteiger partial charge >= 0.3 is 0 Å². The van der Waals surface area contributed by atoms with E-state index in [4.69, 9.17) is 0 Å². The first-order chi connectivity index (χ1) is 13.6. The van der Waals surface area contributed by atoms with Crippen molar-refractivity contribution in [2.45, 2.75) is 19.9 Å². The molecule has 1 aliphatic rings. The summed E-state index contributed by atoms with van der Waals surface area (Å²) in [5.74, 6) is 0. The van der Waals surface area contributed by atoms with Crippen molar-refractivity contribution < 1.29 is 5.11 Å². The number of hydrogen-bond donors (Lipinski definition) is 2. The van der Waals surface area contributed by atoms with E-state index in [1.807, 2.05) is 0 Å². The maximum absolute atomic E-state index is 10.3. The van der Waals surface area contributed by atoms with Crippen LogP contribution in [0.5, 0.6) is 0 Å². The normalized spacial score (nSPS) is 17.7. The van der Waals surface area contributed by atoms with Gasteiger partial charge in [0.15, 0.2) is 0 Å². The van der Waals surface area contributed by atoms with E-state index in [0.717, 1.165) is 26.2 Å². The quantitative estimate of drug-likeness (QED) is 0.516. The van der Waals surface area contributed by atoms with E-state index in [-0.39, 0.29) is 18.1 Å². The molecule has 3 nitrogen and oxygen atoms in total. The van der Waals surface area contributed by atoms with Crippen LogP contribution in [-0.2, 0) is 0 Å². The Labute approximate surface area is 166 Å². The summed E-state index contributed by atoms with van der Waals surface area (Å²) in [7, 11) is 0. The van der Waals surface area contributed by atoms with E-state index < -0.39 is 0 Å². The number of benzene rings is 4. The Balaban J connectivity index is 1.80. The van der Waals surface area contributed by atoms with Gasteiger partial charge in [0.2, 0.25) is 0 Å². The molecule has 1 aliphatic heterocycles. The summed E-state index contributed by atoms with van der Waals surface area (Å²) in [5.41, 5.74) is 1.12. The van der Waals surface area contributed by atoms with Crippen LogP contribution in [-0.4, -0.2) is 42.8 Å². The van der Waals surface area contributed by atoms with Gasteiger partial charge in [0.1, 0.15) is 0 Å². The number of aliphatic hydroxyl groups excluding tert-OH is 1. The number of rotatable bonds is 4. The van der Waals surface area contributed by atoms with E-state index >= 15 is 0 Å². The Morgan fingerprint density at radius 2 is 1.50 bits per heavy atom. The van der Waals surface area contributed by atoms with Gasteiger partial charge in [-0.15, -0.1) is 0 Å². The maximum atomic E-state index is 10.3. The molecule has 2 N–H and O–H groups in total. The van der Waals surface area contributed by atoms with E-state index in [1.54, 1.807) is 0 Å². The molecule has 5 rings (SSSR count). The van der Waals surface area contributed by atoms with Gasteiger partial charge in [0.25, 0.3) is 0 Å². The molecule has 28 heavy (non-hydrogen) atoms. The highest BCUT2D eigenvalue weighted by Gasteiger charge is 2.36. The maximum Gasteiger partial charge on any atom is 0.0500 e. The summed E-state index contributed by atoms with van der Waals surface area (Å²) in [6, 6.07) is 20.3. The van der Waals surface area contributed by atoms with Gasteiger partial charge in [-0.1, -0.05) is 68.4 Å². The summed E-state index contributed by atoms with van der Waals surface area (Å²) in [4.78, 5) is 2.55. The van der Waals surface area contributed by atoms with Crippen LogP contribution in [0.2, 0.25) is 0 Å². The molecule has 0 spiro atoms. The predicted molar refractivity (Wildman–Crippen MR) is 118 cm³/mol. The molecule has 3 heteroatoms. The van der Waals surface area contributed by atoms with Crippen LogP contribution in [0.15, 0.2) is 54.6 Å². The van der Waals surface area contributed by atoms with Gasteiger partial charge in [-0.05, 0) is 37.9 Å². The molecular formula is C25H28N2O. The number of hydrogen-bond acceptors (Lipinski definition) is 3. The third-order valence-electron chi connectivity index (χ3n) is 6.52. The first-order valence-corrected chi connectivity index (χ1v) is 10.3. The standard InChI is InChI=1S/C25H28N2O/c1-25(2,16-28)24(27-14-12-26-13-15-27)21-11-9-19-7-6-17-4-3-5-18-8-10-20(21)23(19)22(17)18/h3-11,24,26,28H,12-16H2,1-2H3/t24-/m1/s1. The van der Waals surface area contributed by atoms with Crippen molar-refractivity contribution in [3.63, 3.8) is 0 Å². The minimum absolute atomic E-state index is 0.170. The van der Waals surface area contributed by atoms with Crippen LogP contribution in [0.1, 0.15) is 25.5 Å². The first kappa shape index (κ1) is 17.9. The highest BCUT2D eigenvalue weighted by molar-refractivity contribution is 6.23. The smallest absolute Gasteiger partial charge is 0.0500 e. The molecule has 0 saturated carbocycles. The Morgan fingerprint density at radius 3 is 2.18 bits per heavy atom. The third-order valence-corrected chi connectivity index (χ3v) is 6.52. The average Bonchev–Trinajstić information content (AvgIpc) is 2.73. The molecule has 0 unspecified atom stereocenters. The Morgan fingerprint density at radius 1 is 0.893 bits per heavy atom. The van der Waals surface area contributed by atoms with E-state index in [0.29, 0.717) is 0 Å². The minimum Gasteiger partial charge on any atom is -0.396 e. The molecule has 1 saturated heterocycles. The van der Waals surface area contributed by atoms with Crippen molar-refractivity contribution in [1.82, 2.24) is 10.2 Å². The lowest BCUT2D eigenvalue weighted by molar-refractivity contribution is 0.0313. The SMILES string of the molecule is CC(C)(CO)[C@@H](c1ccc2ccc3cccc4ccc1c2c34)N1CCNCC1. The molecule has 144 valence electrons. The number of piperazine rings is 1. The van der Waals surface area contributed by atoms with Gasteiger partial charge in [0, 0.05) is 44.2 Å². The molecule has 4 aromatic rings. The summed E-state index contributed by atoms with van der Waals surface area (Å²) < 4.78 is 0. The Kier molecular flexibility index (Phi) is 4.27. The second kappa shape index (κ2) is 6.70. The van der Waals surface area contributed by atoms with Crippen LogP contribution < -0.4 is 5.32 Å². The monoisotopic (exact) mass is 372 g/mol. The fraction of sp³-hybridized carbons (Fsp3) is 0.360. The summed E-state index contributed by atoms with van der Waals surface area (Å²) in [6.07, 6.45) is 0. The van der Waals surface area contributed by atoms with Crippen molar-refractivity contribution in [3.05, 3.63) is 60.2 Å². The summed E-state index contributed by atoms with van der Waals surface area (Å²) in [5, 5.41) is 21.7. The number of aliphatic hydroxyl groups is 1. The molecule has 1 fully saturated rings. The predicted octanol–water partition coefficient (Wildman–Crippen LogP) is 4.55. The Bertz CT molecular complexity index is 1110. The highest BCUT2D eigenvalue weighted by Crippen LogP contribution is 2.44. The topological polar surface area (TPSA) is 35.5 Å². The van der Waals surface area contributed by atoms with Crippen molar-refractivity contribution in [1.29, 1.82) is 0 Å². The molecule has 1 atom stereocenters. The number of nitrogens with one attached hydrogen (secondary N) is 1. The fourth-order valence-electron chi connectivity index (χ4n) is 5.14. The zero-order valence-corrected chi connectivity index (χ0v) is 16.7. The molecule has 0 radical (unpaired) electrons. The van der Waals surface area contributed by atoms with Gasteiger partial charge in [-0.25, -0.2) is 0 Å². The summed E-state index contributed by atoms with van der Waals surface area (Å²) in [6.45, 7) is 8.58. The van der Waals surface area contributed by atoms with Crippen molar-refractivity contribution in [2.75, 3.05) is 32.8 Å². The van der Waals surface area contributed by atoms with Crippen molar-refractivity contribution in [2.24, 2.45) is 5.41 Å². The first-order valence-electron chi connectivity index (χ1n) is 10.3. The molecular weight excluding hydrogens is 344 g/mol. The van der Waals surface area contributed by atoms with Crippen molar-refractivity contribution in [3.8, 4) is 0 Å². The lowest BCUT2D eigenvalue weighted by atomic mass is 9.77. The largest absolute Gasteiger partial charge is 0.396 e. The van der Waals surface area contributed by atoms with Crippen LogP contribution in [0.3, 0.4) is 0 Å². The molecule has 0 aliphatic carbocycles. The molecule has 4 aromatic carbocycles. The van der Waals surface area contributed by atoms with Crippen LogP contribution in [0, 0.1) is 5.41 Å². The molecule has 1 heterocycles. The van der Waals surface area contributed by atoms with Gasteiger partial charge in [-0.2, -0.15) is 0 Å². The van der Waals surface area contributed by atoms with Crippen LogP contribution in [0.25, 0.3) is 32.3 Å². The van der Waals surface area contributed by atoms with Gasteiger partial charge < -0.3 is 10.4 Å².